The summed E-state index contributed by atoms with van der Waals surface area (Å²) in [6.07, 6.45) is 10.4. The molecule has 1 saturated carbocycles. The summed E-state index contributed by atoms with van der Waals surface area (Å²) in [7, 11) is 2.12. The van der Waals surface area contributed by atoms with Gasteiger partial charge >= 0.3 is 0 Å². The molecule has 1 aromatic carbocycles. The average Bonchev–Trinajstić information content (AvgIpc) is 3.41. The topological polar surface area (TPSA) is 33.1 Å². The van der Waals surface area contributed by atoms with Crippen molar-refractivity contribution in [3.05, 3.63) is 54.1 Å². The lowest BCUT2D eigenvalue weighted by molar-refractivity contribution is 0.188. The molecule has 0 spiro atoms. The van der Waals surface area contributed by atoms with Crippen LogP contribution in [-0.4, -0.2) is 40.1 Å². The number of rotatable bonds is 7. The molecular weight excluding hydrogens is 308 g/mol. The lowest BCUT2D eigenvalue weighted by Crippen LogP contribution is -2.45. The maximum atomic E-state index is 4.61. The highest BCUT2D eigenvalue weighted by Crippen LogP contribution is 2.41. The second-order valence-corrected chi connectivity index (χ2v) is 7.73. The van der Waals surface area contributed by atoms with E-state index in [0.29, 0.717) is 12.1 Å². The van der Waals surface area contributed by atoms with Crippen LogP contribution >= 0.6 is 0 Å². The van der Waals surface area contributed by atoms with Gasteiger partial charge in [0.05, 0.1) is 6.04 Å². The van der Waals surface area contributed by atoms with E-state index in [1.807, 2.05) is 6.20 Å². The van der Waals surface area contributed by atoms with Crippen molar-refractivity contribution in [2.45, 2.75) is 44.2 Å². The van der Waals surface area contributed by atoms with Gasteiger partial charge in [0.1, 0.15) is 5.82 Å². The van der Waals surface area contributed by atoms with Crippen molar-refractivity contribution in [2.24, 2.45) is 13.0 Å². The van der Waals surface area contributed by atoms with E-state index >= 15 is 0 Å². The Bertz CT molecular complexity index is 654. The largest absolute Gasteiger partial charge is 0.337 e. The highest BCUT2D eigenvalue weighted by Gasteiger charge is 2.36. The van der Waals surface area contributed by atoms with Crippen LogP contribution in [0.4, 0.5) is 0 Å². The first kappa shape index (κ1) is 16.8. The Labute approximate surface area is 151 Å². The number of likely N-dealkylation sites (tertiary alicyclic amines) is 1. The predicted octanol–water partition coefficient (Wildman–Crippen LogP) is 3.17. The summed E-state index contributed by atoms with van der Waals surface area (Å²) < 4.78 is 2.19. The summed E-state index contributed by atoms with van der Waals surface area (Å²) in [4.78, 5) is 7.23. The molecule has 1 aliphatic carbocycles. The van der Waals surface area contributed by atoms with Crippen LogP contribution < -0.4 is 5.32 Å². The van der Waals surface area contributed by atoms with Gasteiger partial charge in [-0.3, -0.25) is 0 Å². The summed E-state index contributed by atoms with van der Waals surface area (Å²) in [5, 5.41) is 3.95. The molecular formula is C21H30N4. The number of hydrogen-bond donors (Lipinski definition) is 1. The fourth-order valence-electron chi connectivity index (χ4n) is 4.04. The molecule has 2 aliphatic rings. The highest BCUT2D eigenvalue weighted by molar-refractivity contribution is 5.15. The number of hydrogen-bond acceptors (Lipinski definition) is 3. The molecule has 0 amide bonds. The molecule has 0 unspecified atom stereocenters. The summed E-state index contributed by atoms with van der Waals surface area (Å²) in [5.74, 6) is 2.01. The molecule has 0 radical (unpaired) electrons. The van der Waals surface area contributed by atoms with E-state index in [4.69, 9.17) is 0 Å². The van der Waals surface area contributed by atoms with Gasteiger partial charge in [-0.05, 0) is 56.7 Å². The Morgan fingerprint density at radius 2 is 1.88 bits per heavy atom. The molecule has 1 atom stereocenters. The van der Waals surface area contributed by atoms with E-state index in [-0.39, 0.29) is 0 Å². The van der Waals surface area contributed by atoms with E-state index in [2.05, 4.69) is 63.3 Å². The quantitative estimate of drug-likeness (QED) is 0.842. The van der Waals surface area contributed by atoms with Gasteiger partial charge < -0.3 is 14.8 Å². The van der Waals surface area contributed by atoms with Crippen LogP contribution in [0.3, 0.4) is 0 Å². The number of aromatic nitrogens is 2. The zero-order chi connectivity index (χ0) is 17.1. The molecule has 2 fully saturated rings. The fraction of sp³-hybridized carbons (Fsp3) is 0.571. The van der Waals surface area contributed by atoms with Gasteiger partial charge in [0.2, 0.25) is 0 Å². The van der Waals surface area contributed by atoms with Gasteiger partial charge in [0.25, 0.3) is 0 Å². The van der Waals surface area contributed by atoms with Crippen LogP contribution in [0, 0.1) is 5.92 Å². The van der Waals surface area contributed by atoms with Gasteiger partial charge in [-0.1, -0.05) is 30.3 Å². The van der Waals surface area contributed by atoms with Crippen molar-refractivity contribution < 1.29 is 0 Å². The van der Waals surface area contributed by atoms with Crippen LogP contribution in [-0.2, 0) is 13.5 Å². The zero-order valence-corrected chi connectivity index (χ0v) is 15.3. The SMILES string of the molecule is Cn1ccnc1[C@@H](NC1CCN(CCc2ccccc2)CC1)C1CC1. The van der Waals surface area contributed by atoms with E-state index in [1.54, 1.807) is 0 Å². The van der Waals surface area contributed by atoms with Gasteiger partial charge in [0.15, 0.2) is 0 Å². The smallest absolute Gasteiger partial charge is 0.125 e. The minimum Gasteiger partial charge on any atom is -0.337 e. The third-order valence-corrected chi connectivity index (χ3v) is 5.79. The number of piperidine rings is 1. The number of aryl methyl sites for hydroxylation is 1. The van der Waals surface area contributed by atoms with Crippen LogP contribution in [0.5, 0.6) is 0 Å². The number of nitrogens with zero attached hydrogens (tertiary/aromatic N) is 3. The van der Waals surface area contributed by atoms with E-state index in [0.717, 1.165) is 12.3 Å². The summed E-state index contributed by atoms with van der Waals surface area (Å²) in [6, 6.07) is 11.9. The molecule has 2 aromatic rings. The molecule has 4 heteroatoms. The summed E-state index contributed by atoms with van der Waals surface area (Å²) >= 11 is 0. The van der Waals surface area contributed by atoms with Crippen molar-refractivity contribution in [1.82, 2.24) is 19.8 Å². The summed E-state index contributed by atoms with van der Waals surface area (Å²) in [6.45, 7) is 3.60. The maximum Gasteiger partial charge on any atom is 0.125 e. The van der Waals surface area contributed by atoms with Gasteiger partial charge in [-0.25, -0.2) is 4.98 Å². The number of nitrogens with one attached hydrogen (secondary N) is 1. The molecule has 4 rings (SSSR count). The molecule has 134 valence electrons. The number of imidazole rings is 1. The van der Waals surface area contributed by atoms with Gasteiger partial charge in [0, 0.05) is 32.0 Å². The Balaban J connectivity index is 1.26. The minimum atomic E-state index is 0.445. The third-order valence-electron chi connectivity index (χ3n) is 5.79. The molecule has 0 bridgehead atoms. The molecule has 25 heavy (non-hydrogen) atoms. The standard InChI is InChI=1S/C21H30N4/c1-24-16-12-22-21(24)20(18-7-8-18)23-19-10-14-25(15-11-19)13-9-17-5-3-2-4-6-17/h2-6,12,16,18-20,23H,7-11,13-15H2,1H3/t20-/m0/s1. The lowest BCUT2D eigenvalue weighted by Gasteiger charge is -2.34. The molecule has 1 aliphatic heterocycles. The van der Waals surface area contributed by atoms with Crippen molar-refractivity contribution in [3.63, 3.8) is 0 Å². The first-order valence-electron chi connectivity index (χ1n) is 9.79. The van der Waals surface area contributed by atoms with E-state index < -0.39 is 0 Å². The molecule has 1 saturated heterocycles. The lowest BCUT2D eigenvalue weighted by atomic mass is 10.0. The predicted molar refractivity (Wildman–Crippen MR) is 101 cm³/mol. The fourth-order valence-corrected chi connectivity index (χ4v) is 4.04. The number of benzene rings is 1. The van der Waals surface area contributed by atoms with Crippen molar-refractivity contribution in [1.29, 1.82) is 0 Å². The van der Waals surface area contributed by atoms with Gasteiger partial charge in [-0.15, -0.1) is 0 Å². The molecule has 1 aromatic heterocycles. The minimum absolute atomic E-state index is 0.445. The van der Waals surface area contributed by atoms with Crippen LogP contribution in [0.1, 0.15) is 43.1 Å². The normalized spacial score (nSPS) is 20.7. The Kier molecular flexibility index (Phi) is 5.18. The van der Waals surface area contributed by atoms with Crippen LogP contribution in [0.15, 0.2) is 42.7 Å². The molecule has 4 nitrogen and oxygen atoms in total. The first-order valence-corrected chi connectivity index (χ1v) is 9.79. The van der Waals surface area contributed by atoms with Crippen molar-refractivity contribution in [2.75, 3.05) is 19.6 Å². The Morgan fingerprint density at radius 3 is 2.52 bits per heavy atom. The zero-order valence-electron chi connectivity index (χ0n) is 15.3. The Hall–Kier alpha value is -1.65. The summed E-state index contributed by atoms with van der Waals surface area (Å²) in [5.41, 5.74) is 1.45. The first-order chi connectivity index (χ1) is 12.3. The Morgan fingerprint density at radius 1 is 1.12 bits per heavy atom. The maximum absolute atomic E-state index is 4.61. The second-order valence-electron chi connectivity index (χ2n) is 7.73. The monoisotopic (exact) mass is 338 g/mol. The second kappa shape index (κ2) is 7.71. The highest BCUT2D eigenvalue weighted by atomic mass is 15.2. The average molecular weight is 338 g/mol. The van der Waals surface area contributed by atoms with Gasteiger partial charge in [-0.2, -0.15) is 0 Å². The van der Waals surface area contributed by atoms with Crippen molar-refractivity contribution in [3.8, 4) is 0 Å². The van der Waals surface area contributed by atoms with Crippen LogP contribution in [0.25, 0.3) is 0 Å². The van der Waals surface area contributed by atoms with Crippen LogP contribution in [0.2, 0.25) is 0 Å². The van der Waals surface area contributed by atoms with E-state index in [9.17, 15) is 0 Å². The molecule has 2 heterocycles. The molecule has 1 N–H and O–H groups in total. The van der Waals surface area contributed by atoms with Crippen molar-refractivity contribution >= 4 is 0 Å². The van der Waals surface area contributed by atoms with E-state index in [1.165, 1.54) is 56.7 Å². The third kappa shape index (κ3) is 4.31.